The fourth-order valence-electron chi connectivity index (χ4n) is 2.10. The van der Waals surface area contributed by atoms with Crippen molar-refractivity contribution in [3.63, 3.8) is 0 Å². The van der Waals surface area contributed by atoms with E-state index in [0.29, 0.717) is 16.1 Å². The number of nitro benzene ring substituents is 1. The molecule has 0 fully saturated rings. The van der Waals surface area contributed by atoms with Crippen molar-refractivity contribution in [1.29, 1.82) is 0 Å². The van der Waals surface area contributed by atoms with E-state index in [4.69, 9.17) is 23.2 Å². The lowest BCUT2D eigenvalue weighted by atomic mass is 9.92. The molecule has 5 nitrogen and oxygen atoms in total. The van der Waals surface area contributed by atoms with Crippen LogP contribution in [0.15, 0.2) is 42.5 Å². The molecule has 1 N–H and O–H groups in total. The van der Waals surface area contributed by atoms with E-state index in [9.17, 15) is 20.0 Å². The Balaban J connectivity index is 2.32. The molecule has 0 aromatic heterocycles. The first-order chi connectivity index (χ1) is 10.4. The molecule has 2 aromatic carbocycles. The summed E-state index contributed by atoms with van der Waals surface area (Å²) in [6, 6.07) is 10.8. The highest BCUT2D eigenvalue weighted by atomic mass is 35.5. The van der Waals surface area contributed by atoms with Crippen molar-refractivity contribution in [2.75, 3.05) is 0 Å². The minimum atomic E-state index is -1.01. The van der Waals surface area contributed by atoms with Gasteiger partial charge in [-0.25, -0.2) is 0 Å². The molecule has 0 spiro atoms. The summed E-state index contributed by atoms with van der Waals surface area (Å²) in [4.78, 5) is 21.8. The first kappa shape index (κ1) is 16.3. The summed E-state index contributed by atoms with van der Waals surface area (Å²) in [5.74, 6) is -1.84. The second kappa shape index (κ2) is 6.77. The first-order valence-electron chi connectivity index (χ1n) is 6.29. The lowest BCUT2D eigenvalue weighted by Gasteiger charge is -2.13. The Morgan fingerprint density at radius 3 is 2.36 bits per heavy atom. The minimum absolute atomic E-state index is 0.0205. The van der Waals surface area contributed by atoms with E-state index >= 15 is 0 Å². The number of benzene rings is 2. The van der Waals surface area contributed by atoms with E-state index in [2.05, 4.69) is 0 Å². The lowest BCUT2D eigenvalue weighted by molar-refractivity contribution is -0.384. The van der Waals surface area contributed by atoms with Crippen molar-refractivity contribution < 1.29 is 14.8 Å². The van der Waals surface area contributed by atoms with Crippen molar-refractivity contribution in [2.45, 2.75) is 12.3 Å². The summed E-state index contributed by atoms with van der Waals surface area (Å²) < 4.78 is 0. The van der Waals surface area contributed by atoms with Gasteiger partial charge in [-0.05, 0) is 35.7 Å². The number of hydrogen-bond acceptors (Lipinski definition) is 3. The van der Waals surface area contributed by atoms with Gasteiger partial charge in [0.15, 0.2) is 0 Å². The fraction of sp³-hybridized carbons (Fsp3) is 0.133. The van der Waals surface area contributed by atoms with Gasteiger partial charge in [0.2, 0.25) is 0 Å². The lowest BCUT2D eigenvalue weighted by Crippen LogP contribution is -2.14. The molecule has 2 aromatic rings. The van der Waals surface area contributed by atoms with Crippen molar-refractivity contribution in [1.82, 2.24) is 0 Å². The third-order valence-electron chi connectivity index (χ3n) is 3.22. The number of rotatable bonds is 5. The third-order valence-corrected chi connectivity index (χ3v) is 3.79. The smallest absolute Gasteiger partial charge is 0.311 e. The SMILES string of the molecule is O=C(O)C(Cc1ccc(Cl)c([N+](=O)[O-])c1)c1ccc(Cl)cc1. The number of aliphatic carboxylic acids is 1. The number of carboxylic acids is 1. The van der Waals surface area contributed by atoms with Gasteiger partial charge in [0.25, 0.3) is 5.69 Å². The van der Waals surface area contributed by atoms with Crippen molar-refractivity contribution >= 4 is 34.9 Å². The van der Waals surface area contributed by atoms with Crippen molar-refractivity contribution in [3.05, 3.63) is 73.8 Å². The average molecular weight is 340 g/mol. The molecule has 0 heterocycles. The van der Waals surface area contributed by atoms with Gasteiger partial charge in [0.1, 0.15) is 5.02 Å². The van der Waals surface area contributed by atoms with Crippen LogP contribution in [0.4, 0.5) is 5.69 Å². The molecule has 0 aliphatic heterocycles. The zero-order valence-electron chi connectivity index (χ0n) is 11.2. The van der Waals surface area contributed by atoms with Crippen molar-refractivity contribution in [2.24, 2.45) is 0 Å². The first-order valence-corrected chi connectivity index (χ1v) is 7.05. The number of carbonyl (C=O) groups is 1. The number of halogens is 2. The van der Waals surface area contributed by atoms with Crippen LogP contribution >= 0.6 is 23.2 Å². The summed E-state index contributed by atoms with van der Waals surface area (Å²) >= 11 is 11.5. The molecule has 7 heteroatoms. The Kier molecular flexibility index (Phi) is 5.00. The molecule has 1 unspecified atom stereocenters. The van der Waals surface area contributed by atoms with Gasteiger partial charge in [0.05, 0.1) is 10.8 Å². The van der Waals surface area contributed by atoms with E-state index in [1.54, 1.807) is 30.3 Å². The second-order valence-electron chi connectivity index (χ2n) is 4.69. The van der Waals surface area contributed by atoms with Crippen LogP contribution in [-0.4, -0.2) is 16.0 Å². The molecular formula is C15H11Cl2NO4. The maximum Gasteiger partial charge on any atom is 0.311 e. The zero-order chi connectivity index (χ0) is 16.3. The molecular weight excluding hydrogens is 329 g/mol. The van der Waals surface area contributed by atoms with Gasteiger partial charge in [-0.3, -0.25) is 14.9 Å². The average Bonchev–Trinajstić information content (AvgIpc) is 2.47. The topological polar surface area (TPSA) is 80.4 Å². The molecule has 114 valence electrons. The number of carboxylic acid groups (broad SMARTS) is 1. The normalized spacial score (nSPS) is 11.9. The van der Waals surface area contributed by atoms with Gasteiger partial charge in [-0.15, -0.1) is 0 Å². The molecule has 0 amide bonds. The van der Waals surface area contributed by atoms with Gasteiger partial charge in [-0.2, -0.15) is 0 Å². The summed E-state index contributed by atoms with van der Waals surface area (Å²) in [6.07, 6.45) is 0.120. The van der Waals surface area contributed by atoms with Crippen LogP contribution in [0.2, 0.25) is 10.0 Å². The quantitative estimate of drug-likeness (QED) is 0.649. The molecule has 0 aliphatic rings. The summed E-state index contributed by atoms with van der Waals surface area (Å²) in [5, 5.41) is 20.8. The molecule has 2 rings (SSSR count). The summed E-state index contributed by atoms with van der Waals surface area (Å²) in [5.41, 5.74) is 0.868. The van der Waals surface area contributed by atoms with Crippen LogP contribution < -0.4 is 0 Å². The highest BCUT2D eigenvalue weighted by molar-refractivity contribution is 6.32. The maximum atomic E-state index is 11.5. The number of hydrogen-bond donors (Lipinski definition) is 1. The molecule has 22 heavy (non-hydrogen) atoms. The number of nitrogens with zero attached hydrogens (tertiary/aromatic N) is 1. The van der Waals surface area contributed by atoms with Crippen LogP contribution in [0.3, 0.4) is 0 Å². The number of nitro groups is 1. The molecule has 0 saturated carbocycles. The third kappa shape index (κ3) is 3.75. The van der Waals surface area contributed by atoms with Crippen LogP contribution in [0.1, 0.15) is 17.0 Å². The van der Waals surface area contributed by atoms with Crippen LogP contribution in [-0.2, 0) is 11.2 Å². The highest BCUT2D eigenvalue weighted by Crippen LogP contribution is 2.29. The maximum absolute atomic E-state index is 11.5. The van der Waals surface area contributed by atoms with Gasteiger partial charge in [0, 0.05) is 11.1 Å². The summed E-state index contributed by atoms with van der Waals surface area (Å²) in [7, 11) is 0. The molecule has 1 atom stereocenters. The Hall–Kier alpha value is -2.11. The van der Waals surface area contributed by atoms with E-state index in [0.717, 1.165) is 0 Å². The fourth-order valence-corrected chi connectivity index (χ4v) is 2.42. The summed E-state index contributed by atoms with van der Waals surface area (Å²) in [6.45, 7) is 0. The van der Waals surface area contributed by atoms with E-state index in [-0.39, 0.29) is 17.1 Å². The van der Waals surface area contributed by atoms with Gasteiger partial charge in [-0.1, -0.05) is 41.4 Å². The highest BCUT2D eigenvalue weighted by Gasteiger charge is 2.22. The molecule has 0 bridgehead atoms. The predicted molar refractivity (Wildman–Crippen MR) is 83.6 cm³/mol. The van der Waals surface area contributed by atoms with E-state index in [1.165, 1.54) is 12.1 Å². The van der Waals surface area contributed by atoms with Crippen LogP contribution in [0, 0.1) is 10.1 Å². The minimum Gasteiger partial charge on any atom is -0.481 e. The second-order valence-corrected chi connectivity index (χ2v) is 5.53. The van der Waals surface area contributed by atoms with Gasteiger partial charge < -0.3 is 5.11 Å². The van der Waals surface area contributed by atoms with Crippen LogP contribution in [0.5, 0.6) is 0 Å². The Labute approximate surface area is 136 Å². The van der Waals surface area contributed by atoms with Gasteiger partial charge >= 0.3 is 5.97 Å². The van der Waals surface area contributed by atoms with Crippen molar-refractivity contribution in [3.8, 4) is 0 Å². The zero-order valence-corrected chi connectivity index (χ0v) is 12.7. The Morgan fingerprint density at radius 2 is 1.82 bits per heavy atom. The van der Waals surface area contributed by atoms with Crippen LogP contribution in [0.25, 0.3) is 0 Å². The molecule has 0 radical (unpaired) electrons. The Morgan fingerprint density at radius 1 is 1.18 bits per heavy atom. The monoisotopic (exact) mass is 339 g/mol. The predicted octanol–water partition coefficient (Wildman–Crippen LogP) is 4.31. The largest absolute Gasteiger partial charge is 0.481 e. The molecule has 0 aliphatic carbocycles. The van der Waals surface area contributed by atoms with E-state index < -0.39 is 16.8 Å². The Bertz CT molecular complexity index is 716. The standard InChI is InChI=1S/C15H11Cl2NO4/c16-11-4-2-10(3-5-11)12(15(19)20)7-9-1-6-13(17)14(8-9)18(21)22/h1-6,8,12H,7H2,(H,19,20). The van der Waals surface area contributed by atoms with E-state index in [1.807, 2.05) is 0 Å². The molecule has 0 saturated heterocycles.